The van der Waals surface area contributed by atoms with E-state index >= 15 is 0 Å². The minimum atomic E-state index is -1.58. The van der Waals surface area contributed by atoms with Gasteiger partial charge in [-0.15, -0.1) is 0 Å². The number of amides is 1. The summed E-state index contributed by atoms with van der Waals surface area (Å²) in [7, 11) is -1.58. The fraction of sp³-hybridized carbons (Fsp3) is 0. The number of aromatic nitrogens is 4. The molecule has 0 fully saturated rings. The SMILES string of the molecule is O=C1C=C(n2ncc3cc(-c4cncnc4)ccc32)S(=O)N1. The maximum absolute atomic E-state index is 11.8. The lowest BCUT2D eigenvalue weighted by molar-refractivity contribution is -0.114. The topological polar surface area (TPSA) is 89.8 Å². The van der Waals surface area contributed by atoms with Gasteiger partial charge in [-0.1, -0.05) is 6.07 Å². The Morgan fingerprint density at radius 2 is 1.91 bits per heavy atom. The fourth-order valence-electron chi connectivity index (χ4n) is 2.31. The number of carbonyl (C=O) groups excluding carboxylic acids is 1. The van der Waals surface area contributed by atoms with Crippen LogP contribution in [0.15, 0.2) is 49.2 Å². The lowest BCUT2D eigenvalue weighted by Gasteiger charge is -2.04. The van der Waals surface area contributed by atoms with Crippen LogP contribution < -0.4 is 4.72 Å². The van der Waals surface area contributed by atoms with Crippen LogP contribution in [0, 0.1) is 0 Å². The number of hydrogen-bond donors (Lipinski definition) is 1. The van der Waals surface area contributed by atoms with Gasteiger partial charge in [-0.2, -0.15) is 5.10 Å². The van der Waals surface area contributed by atoms with Gasteiger partial charge in [0.1, 0.15) is 6.33 Å². The van der Waals surface area contributed by atoms with Crippen molar-refractivity contribution in [2.24, 2.45) is 0 Å². The molecule has 0 bridgehead atoms. The molecule has 108 valence electrons. The van der Waals surface area contributed by atoms with Crippen molar-refractivity contribution in [2.75, 3.05) is 0 Å². The molecule has 3 aromatic rings. The number of nitrogens with zero attached hydrogens (tertiary/aromatic N) is 4. The van der Waals surface area contributed by atoms with Crippen molar-refractivity contribution in [3.8, 4) is 11.1 Å². The van der Waals surface area contributed by atoms with E-state index in [0.29, 0.717) is 5.03 Å². The molecule has 0 saturated heterocycles. The molecule has 1 N–H and O–H groups in total. The summed E-state index contributed by atoms with van der Waals surface area (Å²) in [6.45, 7) is 0. The molecule has 0 saturated carbocycles. The maximum atomic E-state index is 11.8. The number of nitrogens with one attached hydrogen (secondary N) is 1. The van der Waals surface area contributed by atoms with E-state index < -0.39 is 11.0 Å². The molecule has 8 heteroatoms. The first kappa shape index (κ1) is 12.8. The monoisotopic (exact) mass is 311 g/mol. The Morgan fingerprint density at radius 3 is 2.64 bits per heavy atom. The highest BCUT2D eigenvalue weighted by atomic mass is 32.2. The average molecular weight is 311 g/mol. The van der Waals surface area contributed by atoms with E-state index in [1.54, 1.807) is 18.6 Å². The summed E-state index contributed by atoms with van der Waals surface area (Å²) in [6.07, 6.45) is 7.91. The molecule has 1 amide bonds. The smallest absolute Gasteiger partial charge is 0.258 e. The molecule has 1 aliphatic rings. The van der Waals surface area contributed by atoms with Crippen molar-refractivity contribution in [1.82, 2.24) is 24.5 Å². The summed E-state index contributed by atoms with van der Waals surface area (Å²) in [5.41, 5.74) is 2.64. The van der Waals surface area contributed by atoms with Crippen LogP contribution >= 0.6 is 0 Å². The van der Waals surface area contributed by atoms with Gasteiger partial charge in [-0.25, -0.2) is 18.9 Å². The van der Waals surface area contributed by atoms with Gasteiger partial charge in [0.25, 0.3) is 5.91 Å². The van der Waals surface area contributed by atoms with E-state index in [1.807, 2.05) is 18.2 Å². The van der Waals surface area contributed by atoms with Crippen molar-refractivity contribution in [2.45, 2.75) is 0 Å². The van der Waals surface area contributed by atoms with Gasteiger partial charge in [-0.3, -0.25) is 9.52 Å². The summed E-state index contributed by atoms with van der Waals surface area (Å²) in [6, 6.07) is 5.73. The van der Waals surface area contributed by atoms with E-state index in [-0.39, 0.29) is 5.91 Å². The average Bonchev–Trinajstić information content (AvgIpc) is 3.10. The second kappa shape index (κ2) is 4.85. The highest BCUT2D eigenvalue weighted by Crippen LogP contribution is 2.26. The molecule has 0 radical (unpaired) electrons. The first-order chi connectivity index (χ1) is 10.7. The predicted octanol–water partition coefficient (Wildman–Crippen LogP) is 1.09. The van der Waals surface area contributed by atoms with Crippen molar-refractivity contribution >= 4 is 32.8 Å². The third kappa shape index (κ3) is 2.01. The minimum Gasteiger partial charge on any atom is -0.269 e. The molecule has 0 spiro atoms. The van der Waals surface area contributed by atoms with Crippen LogP contribution in [-0.4, -0.2) is 29.9 Å². The molecule has 2 aromatic heterocycles. The van der Waals surface area contributed by atoms with Crippen molar-refractivity contribution in [3.05, 3.63) is 49.2 Å². The Labute approximate surface area is 127 Å². The van der Waals surface area contributed by atoms with Crippen molar-refractivity contribution in [1.29, 1.82) is 0 Å². The van der Waals surface area contributed by atoms with Gasteiger partial charge >= 0.3 is 0 Å². The molecule has 4 rings (SSSR count). The zero-order chi connectivity index (χ0) is 15.1. The second-order valence-electron chi connectivity index (χ2n) is 4.67. The predicted molar refractivity (Wildman–Crippen MR) is 81.3 cm³/mol. The van der Waals surface area contributed by atoms with E-state index in [9.17, 15) is 9.00 Å². The van der Waals surface area contributed by atoms with Crippen molar-refractivity contribution < 1.29 is 9.00 Å². The normalized spacial score (nSPS) is 17.5. The van der Waals surface area contributed by atoms with Crippen molar-refractivity contribution in [3.63, 3.8) is 0 Å². The maximum Gasteiger partial charge on any atom is 0.258 e. The molecule has 0 aliphatic carbocycles. The van der Waals surface area contributed by atoms with Gasteiger partial charge in [0.15, 0.2) is 16.0 Å². The highest BCUT2D eigenvalue weighted by molar-refractivity contribution is 7.93. The third-order valence-corrected chi connectivity index (χ3v) is 4.37. The first-order valence-corrected chi connectivity index (χ1v) is 7.55. The number of hydrogen-bond acceptors (Lipinski definition) is 5. The fourth-order valence-corrected chi connectivity index (χ4v) is 3.18. The van der Waals surface area contributed by atoms with Crippen LogP contribution in [0.4, 0.5) is 0 Å². The van der Waals surface area contributed by atoms with Crippen LogP contribution in [0.5, 0.6) is 0 Å². The molecule has 1 aliphatic heterocycles. The van der Waals surface area contributed by atoms with Gasteiger partial charge in [0.2, 0.25) is 0 Å². The zero-order valence-corrected chi connectivity index (χ0v) is 11.9. The lowest BCUT2D eigenvalue weighted by atomic mass is 10.1. The molecular weight excluding hydrogens is 302 g/mol. The van der Waals surface area contributed by atoms with Gasteiger partial charge in [0.05, 0.1) is 11.7 Å². The van der Waals surface area contributed by atoms with Crippen LogP contribution in [0.1, 0.15) is 0 Å². The van der Waals surface area contributed by atoms with Gasteiger partial charge < -0.3 is 0 Å². The number of benzene rings is 1. The highest BCUT2D eigenvalue weighted by Gasteiger charge is 2.23. The van der Waals surface area contributed by atoms with E-state index in [4.69, 9.17) is 0 Å². The van der Waals surface area contributed by atoms with Crippen LogP contribution in [-0.2, 0) is 15.8 Å². The Morgan fingerprint density at radius 1 is 1.09 bits per heavy atom. The first-order valence-electron chi connectivity index (χ1n) is 6.40. The Bertz CT molecular complexity index is 948. The minimum absolute atomic E-state index is 0.329. The number of carbonyl (C=O) groups is 1. The van der Waals surface area contributed by atoms with Gasteiger partial charge in [0, 0.05) is 29.4 Å². The summed E-state index contributed by atoms with van der Waals surface area (Å²) in [5, 5.41) is 5.43. The summed E-state index contributed by atoms with van der Waals surface area (Å²) in [5.74, 6) is -0.380. The molecule has 22 heavy (non-hydrogen) atoms. The molecule has 1 aromatic carbocycles. The second-order valence-corrected chi connectivity index (χ2v) is 5.83. The molecule has 3 heterocycles. The summed E-state index contributed by atoms with van der Waals surface area (Å²) in [4.78, 5) is 19.3. The van der Waals surface area contributed by atoms with Gasteiger partial charge in [-0.05, 0) is 17.7 Å². The summed E-state index contributed by atoms with van der Waals surface area (Å²) >= 11 is 0. The van der Waals surface area contributed by atoms with Crippen LogP contribution in [0.2, 0.25) is 0 Å². The van der Waals surface area contributed by atoms with E-state index in [1.165, 1.54) is 17.1 Å². The molecule has 1 unspecified atom stereocenters. The summed E-state index contributed by atoms with van der Waals surface area (Å²) < 4.78 is 15.7. The standard InChI is InChI=1S/C14H9N5O2S/c20-13-4-14(22(21)18-13)19-12-2-1-9(3-10(12)7-17-19)11-5-15-8-16-6-11/h1-8H,(H,18,20). The van der Waals surface area contributed by atoms with E-state index in [2.05, 4.69) is 19.8 Å². The molecular formula is C14H9N5O2S. The lowest BCUT2D eigenvalue weighted by Crippen LogP contribution is -2.17. The quantitative estimate of drug-likeness (QED) is 0.765. The largest absolute Gasteiger partial charge is 0.269 e. The molecule has 7 nitrogen and oxygen atoms in total. The molecule has 1 atom stereocenters. The Kier molecular flexibility index (Phi) is 2.83. The van der Waals surface area contributed by atoms with Crippen LogP contribution in [0.25, 0.3) is 27.1 Å². The Balaban J connectivity index is 1.83. The van der Waals surface area contributed by atoms with E-state index in [0.717, 1.165) is 22.0 Å². The zero-order valence-electron chi connectivity index (χ0n) is 11.1. The number of rotatable bonds is 2. The van der Waals surface area contributed by atoms with Crippen LogP contribution in [0.3, 0.4) is 0 Å². The third-order valence-electron chi connectivity index (χ3n) is 3.31. The Hall–Kier alpha value is -2.87. The number of fused-ring (bicyclic) bond motifs is 1.